The number of hydrogen-bond donors (Lipinski definition) is 0. The molecule has 0 atom stereocenters. The van der Waals surface area contributed by atoms with Crippen molar-refractivity contribution in [1.29, 1.82) is 0 Å². The Kier molecular flexibility index (Phi) is 3.50. The lowest BCUT2D eigenvalue weighted by Gasteiger charge is -2.05. The molecule has 0 amide bonds. The van der Waals surface area contributed by atoms with Gasteiger partial charge >= 0.3 is 0 Å². The molecule has 1 aromatic heterocycles. The molecule has 3 aromatic carbocycles. The molecule has 0 saturated heterocycles. The van der Waals surface area contributed by atoms with Gasteiger partial charge in [0.15, 0.2) is 17.1 Å². The second kappa shape index (κ2) is 5.81. The Morgan fingerprint density at radius 2 is 1.71 bits per heavy atom. The quantitative estimate of drug-likeness (QED) is 0.526. The molecule has 4 aromatic rings. The first-order valence-corrected chi connectivity index (χ1v) is 7.45. The van der Waals surface area contributed by atoms with Gasteiger partial charge in [0.2, 0.25) is 5.89 Å². The average molecular weight is 318 g/mol. The highest BCUT2D eigenvalue weighted by molar-refractivity contribution is 5.82. The van der Waals surface area contributed by atoms with Crippen LogP contribution in [0.5, 0.6) is 5.75 Å². The van der Waals surface area contributed by atoms with Crippen molar-refractivity contribution >= 4 is 11.1 Å². The second-order valence-electron chi connectivity index (χ2n) is 5.34. The lowest BCUT2D eigenvalue weighted by Crippen LogP contribution is -1.88. The topological polar surface area (TPSA) is 35.3 Å². The Balaban J connectivity index is 1.77. The van der Waals surface area contributed by atoms with E-state index in [1.807, 2.05) is 48.5 Å². The fourth-order valence-corrected chi connectivity index (χ4v) is 2.61. The normalized spacial score (nSPS) is 10.9. The molecule has 3 nitrogen and oxygen atoms in total. The van der Waals surface area contributed by atoms with Crippen LogP contribution < -0.4 is 4.74 Å². The molecule has 0 bridgehead atoms. The molecule has 0 fully saturated rings. The summed E-state index contributed by atoms with van der Waals surface area (Å²) in [5, 5.41) is 0. The van der Waals surface area contributed by atoms with Gasteiger partial charge in [-0.1, -0.05) is 24.3 Å². The van der Waals surface area contributed by atoms with E-state index in [-0.39, 0.29) is 5.75 Å². The van der Waals surface area contributed by atoms with E-state index in [4.69, 9.17) is 9.15 Å². The van der Waals surface area contributed by atoms with Gasteiger partial charge < -0.3 is 9.15 Å². The van der Waals surface area contributed by atoms with Crippen LogP contribution in [-0.2, 0) is 0 Å². The lowest BCUT2D eigenvalue weighted by molar-refractivity contribution is 0.386. The van der Waals surface area contributed by atoms with E-state index >= 15 is 0 Å². The molecular formula is C20H13FNO2. The van der Waals surface area contributed by atoms with Crippen molar-refractivity contribution in [3.05, 3.63) is 72.5 Å². The molecule has 0 aliphatic carbocycles. The van der Waals surface area contributed by atoms with Crippen LogP contribution >= 0.6 is 0 Å². The lowest BCUT2D eigenvalue weighted by atomic mass is 10.0. The van der Waals surface area contributed by atoms with Crippen molar-refractivity contribution in [2.45, 2.75) is 0 Å². The third-order valence-corrected chi connectivity index (χ3v) is 3.84. The Morgan fingerprint density at radius 1 is 0.958 bits per heavy atom. The Morgan fingerprint density at radius 3 is 2.46 bits per heavy atom. The summed E-state index contributed by atoms with van der Waals surface area (Å²) in [6.45, 7) is 0. The van der Waals surface area contributed by atoms with Crippen LogP contribution in [-0.4, -0.2) is 12.1 Å². The summed E-state index contributed by atoms with van der Waals surface area (Å²) in [7, 11) is 1.45. The minimum absolute atomic E-state index is 0.226. The van der Waals surface area contributed by atoms with Crippen molar-refractivity contribution in [2.24, 2.45) is 0 Å². The van der Waals surface area contributed by atoms with Gasteiger partial charge in [-0.05, 0) is 53.6 Å². The monoisotopic (exact) mass is 318 g/mol. The van der Waals surface area contributed by atoms with Gasteiger partial charge in [0, 0.05) is 5.56 Å². The molecule has 0 saturated carbocycles. The van der Waals surface area contributed by atoms with Crippen LogP contribution in [0.4, 0.5) is 4.39 Å². The van der Waals surface area contributed by atoms with Gasteiger partial charge in [-0.25, -0.2) is 9.37 Å². The number of fused-ring (bicyclic) bond motifs is 1. The third kappa shape index (κ3) is 2.52. The number of halogens is 1. The minimum Gasteiger partial charge on any atom is -0.494 e. The number of nitrogens with zero attached hydrogens (tertiary/aromatic N) is 1. The fourth-order valence-electron chi connectivity index (χ4n) is 2.61. The maximum Gasteiger partial charge on any atom is 0.227 e. The molecule has 0 aliphatic rings. The standard InChI is InChI=1S/C20H13FNO2/c1-23-18-9-7-14(11-16(18)21)15-8-10-19-17(12-15)22-20(24-19)13-5-3-2-4-6-13/h3-12H,1H3. The average Bonchev–Trinajstić information content (AvgIpc) is 3.05. The molecule has 4 rings (SSSR count). The van der Waals surface area contributed by atoms with Crippen molar-refractivity contribution in [1.82, 2.24) is 4.98 Å². The number of aromatic nitrogens is 1. The molecule has 4 heteroatoms. The van der Waals surface area contributed by atoms with Crippen molar-refractivity contribution in [3.63, 3.8) is 0 Å². The summed E-state index contributed by atoms with van der Waals surface area (Å²) in [5.74, 6) is 0.387. The predicted octanol–water partition coefficient (Wildman–Crippen LogP) is 5.11. The molecule has 1 radical (unpaired) electrons. The summed E-state index contributed by atoms with van der Waals surface area (Å²) < 4.78 is 24.7. The molecule has 1 heterocycles. The van der Waals surface area contributed by atoms with Gasteiger partial charge in [-0.15, -0.1) is 0 Å². The highest BCUT2D eigenvalue weighted by Crippen LogP contribution is 2.30. The van der Waals surface area contributed by atoms with E-state index in [0.717, 1.165) is 22.2 Å². The zero-order valence-corrected chi connectivity index (χ0v) is 12.9. The molecule has 0 unspecified atom stereocenters. The first-order chi connectivity index (χ1) is 11.7. The van der Waals surface area contributed by atoms with E-state index in [1.165, 1.54) is 13.2 Å². The van der Waals surface area contributed by atoms with Gasteiger partial charge in [0.1, 0.15) is 5.52 Å². The highest BCUT2D eigenvalue weighted by Gasteiger charge is 2.10. The predicted molar refractivity (Wildman–Crippen MR) is 90.2 cm³/mol. The summed E-state index contributed by atoms with van der Waals surface area (Å²) in [6.07, 6.45) is 0. The number of methoxy groups -OCH3 is 1. The van der Waals surface area contributed by atoms with E-state index in [9.17, 15) is 4.39 Å². The number of benzene rings is 3. The van der Waals surface area contributed by atoms with Crippen molar-refractivity contribution in [2.75, 3.05) is 7.11 Å². The highest BCUT2D eigenvalue weighted by atomic mass is 19.1. The Labute approximate surface area is 138 Å². The van der Waals surface area contributed by atoms with Crippen molar-refractivity contribution < 1.29 is 13.5 Å². The van der Waals surface area contributed by atoms with Crippen LogP contribution in [0.2, 0.25) is 0 Å². The second-order valence-corrected chi connectivity index (χ2v) is 5.34. The number of hydrogen-bond acceptors (Lipinski definition) is 3. The first-order valence-electron chi connectivity index (χ1n) is 7.45. The Hall–Kier alpha value is -3.14. The van der Waals surface area contributed by atoms with Crippen LogP contribution in [0.15, 0.2) is 65.1 Å². The van der Waals surface area contributed by atoms with Crippen LogP contribution in [0.25, 0.3) is 33.7 Å². The summed E-state index contributed by atoms with van der Waals surface area (Å²) in [6, 6.07) is 20.9. The molecular weight excluding hydrogens is 305 g/mol. The van der Waals surface area contributed by atoms with Gasteiger partial charge in [-0.2, -0.15) is 0 Å². The van der Waals surface area contributed by atoms with Gasteiger partial charge in [-0.3, -0.25) is 0 Å². The van der Waals surface area contributed by atoms with E-state index in [0.29, 0.717) is 11.5 Å². The van der Waals surface area contributed by atoms with Crippen LogP contribution in [0, 0.1) is 11.9 Å². The maximum atomic E-state index is 13.9. The van der Waals surface area contributed by atoms with Gasteiger partial charge in [0.05, 0.1) is 7.11 Å². The zero-order valence-electron chi connectivity index (χ0n) is 12.9. The van der Waals surface area contributed by atoms with Crippen molar-refractivity contribution in [3.8, 4) is 28.3 Å². The van der Waals surface area contributed by atoms with E-state index in [1.54, 1.807) is 6.07 Å². The summed E-state index contributed by atoms with van der Waals surface area (Å²) >= 11 is 0. The third-order valence-electron chi connectivity index (χ3n) is 3.84. The number of ether oxygens (including phenoxy) is 1. The Bertz CT molecular complexity index is 1010. The molecule has 117 valence electrons. The maximum absolute atomic E-state index is 13.9. The SMILES string of the molecule is COc1ccc(-c2ccc3oc(-c4cc[c]cc4)nc3c2)cc1F. The van der Waals surface area contributed by atoms with Crippen LogP contribution in [0.1, 0.15) is 0 Å². The molecule has 0 spiro atoms. The minimum atomic E-state index is -0.392. The zero-order chi connectivity index (χ0) is 16.5. The first kappa shape index (κ1) is 14.5. The van der Waals surface area contributed by atoms with E-state index < -0.39 is 5.82 Å². The summed E-state index contributed by atoms with van der Waals surface area (Å²) in [4.78, 5) is 4.53. The van der Waals surface area contributed by atoms with Crippen LogP contribution in [0.3, 0.4) is 0 Å². The molecule has 0 N–H and O–H groups in total. The largest absolute Gasteiger partial charge is 0.494 e. The number of rotatable bonds is 3. The molecule has 24 heavy (non-hydrogen) atoms. The van der Waals surface area contributed by atoms with E-state index in [2.05, 4.69) is 11.1 Å². The fraction of sp³-hybridized carbons (Fsp3) is 0.0500. The van der Waals surface area contributed by atoms with Gasteiger partial charge in [0.25, 0.3) is 0 Å². The smallest absolute Gasteiger partial charge is 0.227 e. The molecule has 0 aliphatic heterocycles. The summed E-state index contributed by atoms with van der Waals surface area (Å²) in [5.41, 5.74) is 3.93. The number of oxazole rings is 1.